The lowest BCUT2D eigenvalue weighted by molar-refractivity contribution is -0.131. The van der Waals surface area contributed by atoms with Crippen molar-refractivity contribution in [1.82, 2.24) is 19.9 Å². The summed E-state index contributed by atoms with van der Waals surface area (Å²) in [5, 5.41) is 1.01. The van der Waals surface area contributed by atoms with E-state index in [1.807, 2.05) is 24.0 Å². The van der Waals surface area contributed by atoms with Crippen LogP contribution in [0.3, 0.4) is 0 Å². The van der Waals surface area contributed by atoms with Crippen LogP contribution < -0.4 is 10.5 Å². The van der Waals surface area contributed by atoms with Gasteiger partial charge in [0.2, 0.25) is 11.9 Å². The molecule has 1 aliphatic rings. The SMILES string of the molecule is Cc1cc2cc(CCC(=O)N3CCN(c4ncccn4)CC3)c(=O)[nH]c2cc1C. The number of anilines is 1. The number of aromatic nitrogens is 3. The molecule has 0 saturated carbocycles. The molecule has 0 atom stereocenters. The molecule has 0 bridgehead atoms. The molecule has 1 amide bonds. The number of fused-ring (bicyclic) bond motifs is 1. The number of benzene rings is 1. The molecule has 1 aliphatic heterocycles. The molecule has 1 aromatic carbocycles. The van der Waals surface area contributed by atoms with Gasteiger partial charge in [0, 0.05) is 56.1 Å². The number of rotatable bonds is 4. The van der Waals surface area contributed by atoms with Crippen molar-refractivity contribution in [3.63, 3.8) is 0 Å². The monoisotopic (exact) mass is 391 g/mol. The van der Waals surface area contributed by atoms with Crippen LogP contribution in [0.4, 0.5) is 5.95 Å². The molecule has 7 heteroatoms. The highest BCUT2D eigenvalue weighted by molar-refractivity contribution is 5.81. The van der Waals surface area contributed by atoms with Gasteiger partial charge in [0.25, 0.3) is 5.56 Å². The Labute approximate surface area is 169 Å². The van der Waals surface area contributed by atoms with Gasteiger partial charge in [0.1, 0.15) is 0 Å². The molecule has 0 spiro atoms. The molecule has 2 aromatic heterocycles. The van der Waals surface area contributed by atoms with Crippen molar-refractivity contribution in [3.05, 3.63) is 63.7 Å². The number of carbonyl (C=O) groups excluding carboxylic acids is 1. The summed E-state index contributed by atoms with van der Waals surface area (Å²) >= 11 is 0. The van der Waals surface area contributed by atoms with E-state index in [2.05, 4.69) is 32.8 Å². The van der Waals surface area contributed by atoms with Gasteiger partial charge in [-0.2, -0.15) is 0 Å². The predicted molar refractivity (Wildman–Crippen MR) is 113 cm³/mol. The van der Waals surface area contributed by atoms with Gasteiger partial charge in [-0.05, 0) is 61.0 Å². The second-order valence-electron chi connectivity index (χ2n) is 7.56. The highest BCUT2D eigenvalue weighted by Gasteiger charge is 2.22. The summed E-state index contributed by atoms with van der Waals surface area (Å²) in [4.78, 5) is 40.5. The van der Waals surface area contributed by atoms with Crippen molar-refractivity contribution in [2.75, 3.05) is 31.1 Å². The fourth-order valence-corrected chi connectivity index (χ4v) is 3.72. The fraction of sp³-hybridized carbons (Fsp3) is 0.364. The number of hydrogen-bond donors (Lipinski definition) is 1. The number of nitrogens with one attached hydrogen (secondary N) is 1. The second kappa shape index (κ2) is 8.03. The maximum atomic E-state index is 12.7. The lowest BCUT2D eigenvalue weighted by atomic mass is 10.0. The minimum Gasteiger partial charge on any atom is -0.339 e. The van der Waals surface area contributed by atoms with Crippen molar-refractivity contribution in [2.45, 2.75) is 26.7 Å². The number of nitrogens with zero attached hydrogens (tertiary/aromatic N) is 4. The molecular formula is C22H25N5O2. The third kappa shape index (κ3) is 4.13. The number of H-pyrrole nitrogens is 1. The molecule has 3 aromatic rings. The average molecular weight is 391 g/mol. The number of aryl methyl sites for hydroxylation is 3. The van der Waals surface area contributed by atoms with E-state index in [1.165, 1.54) is 5.56 Å². The molecule has 1 fully saturated rings. The summed E-state index contributed by atoms with van der Waals surface area (Å²) < 4.78 is 0. The van der Waals surface area contributed by atoms with Crippen LogP contribution in [-0.2, 0) is 11.2 Å². The first-order valence-electron chi connectivity index (χ1n) is 9.94. The summed E-state index contributed by atoms with van der Waals surface area (Å²) in [6.07, 6.45) is 4.23. The Morgan fingerprint density at radius 1 is 1.03 bits per heavy atom. The van der Waals surface area contributed by atoms with Crippen molar-refractivity contribution in [3.8, 4) is 0 Å². The molecule has 3 heterocycles. The van der Waals surface area contributed by atoms with Gasteiger partial charge in [0.05, 0.1) is 0 Å². The van der Waals surface area contributed by atoms with Crippen LogP contribution in [0.1, 0.15) is 23.1 Å². The van der Waals surface area contributed by atoms with E-state index in [0.29, 0.717) is 50.5 Å². The van der Waals surface area contributed by atoms with Crippen LogP contribution >= 0.6 is 0 Å². The van der Waals surface area contributed by atoms with Gasteiger partial charge in [-0.15, -0.1) is 0 Å². The summed E-state index contributed by atoms with van der Waals surface area (Å²) in [7, 11) is 0. The number of hydrogen-bond acceptors (Lipinski definition) is 5. The molecule has 7 nitrogen and oxygen atoms in total. The largest absolute Gasteiger partial charge is 0.339 e. The first kappa shape index (κ1) is 19.1. The molecule has 1 saturated heterocycles. The fourth-order valence-electron chi connectivity index (χ4n) is 3.72. The van der Waals surface area contributed by atoms with Crippen LogP contribution in [0.2, 0.25) is 0 Å². The van der Waals surface area contributed by atoms with E-state index in [1.54, 1.807) is 18.5 Å². The molecule has 0 radical (unpaired) electrons. The van der Waals surface area contributed by atoms with Gasteiger partial charge < -0.3 is 14.8 Å². The minimum atomic E-state index is -0.111. The van der Waals surface area contributed by atoms with Crippen molar-refractivity contribution in [2.24, 2.45) is 0 Å². The van der Waals surface area contributed by atoms with E-state index < -0.39 is 0 Å². The van der Waals surface area contributed by atoms with Gasteiger partial charge in [0.15, 0.2) is 0 Å². The van der Waals surface area contributed by atoms with E-state index in [4.69, 9.17) is 0 Å². The van der Waals surface area contributed by atoms with Gasteiger partial charge in [-0.3, -0.25) is 9.59 Å². The quantitative estimate of drug-likeness (QED) is 0.737. The third-order valence-electron chi connectivity index (χ3n) is 5.61. The lowest BCUT2D eigenvalue weighted by Gasteiger charge is -2.34. The molecule has 0 aliphatic carbocycles. The summed E-state index contributed by atoms with van der Waals surface area (Å²) in [5.74, 6) is 0.783. The van der Waals surface area contributed by atoms with Crippen LogP contribution in [0.25, 0.3) is 10.9 Å². The van der Waals surface area contributed by atoms with E-state index in [-0.39, 0.29) is 11.5 Å². The number of aromatic amines is 1. The van der Waals surface area contributed by atoms with Crippen molar-refractivity contribution >= 4 is 22.8 Å². The summed E-state index contributed by atoms with van der Waals surface area (Å²) in [6, 6.07) is 7.78. The smallest absolute Gasteiger partial charge is 0.251 e. The minimum absolute atomic E-state index is 0.0817. The van der Waals surface area contributed by atoms with E-state index in [9.17, 15) is 9.59 Å². The van der Waals surface area contributed by atoms with E-state index in [0.717, 1.165) is 16.5 Å². The topological polar surface area (TPSA) is 82.2 Å². The maximum absolute atomic E-state index is 12.7. The standard InChI is InChI=1S/C22H25N5O2/c1-15-12-18-14-17(21(29)25-19(18)13-16(15)2)4-5-20(28)26-8-10-27(11-9-26)22-23-6-3-7-24-22/h3,6-7,12-14H,4-5,8-11H2,1-2H3,(H,25,29). The maximum Gasteiger partial charge on any atom is 0.251 e. The van der Waals surface area contributed by atoms with Gasteiger partial charge in [-0.25, -0.2) is 9.97 Å². The number of amides is 1. The highest BCUT2D eigenvalue weighted by atomic mass is 16.2. The Hall–Kier alpha value is -3.22. The van der Waals surface area contributed by atoms with Gasteiger partial charge >= 0.3 is 0 Å². The zero-order valence-electron chi connectivity index (χ0n) is 16.8. The Kier molecular flexibility index (Phi) is 5.29. The Bertz CT molecular complexity index is 1090. The van der Waals surface area contributed by atoms with Crippen LogP contribution in [-0.4, -0.2) is 51.9 Å². The number of piperazine rings is 1. The Morgan fingerprint density at radius 3 is 2.45 bits per heavy atom. The Morgan fingerprint density at radius 2 is 1.72 bits per heavy atom. The summed E-state index contributed by atoms with van der Waals surface area (Å²) in [5.41, 5.74) is 3.72. The van der Waals surface area contributed by atoms with Crippen molar-refractivity contribution < 1.29 is 4.79 Å². The molecule has 150 valence electrons. The third-order valence-corrected chi connectivity index (χ3v) is 5.61. The van der Waals surface area contributed by atoms with Crippen LogP contribution in [0.5, 0.6) is 0 Å². The first-order chi connectivity index (χ1) is 14.0. The molecule has 1 N–H and O–H groups in total. The van der Waals surface area contributed by atoms with Crippen LogP contribution in [0, 0.1) is 13.8 Å². The zero-order valence-corrected chi connectivity index (χ0v) is 16.8. The average Bonchev–Trinajstić information content (AvgIpc) is 2.74. The summed E-state index contributed by atoms with van der Waals surface area (Å²) in [6.45, 7) is 6.80. The highest BCUT2D eigenvalue weighted by Crippen LogP contribution is 2.18. The first-order valence-corrected chi connectivity index (χ1v) is 9.94. The second-order valence-corrected chi connectivity index (χ2v) is 7.56. The molecular weight excluding hydrogens is 366 g/mol. The molecule has 29 heavy (non-hydrogen) atoms. The van der Waals surface area contributed by atoms with Gasteiger partial charge in [-0.1, -0.05) is 0 Å². The molecule has 0 unspecified atom stereocenters. The molecule has 4 rings (SSSR count). The lowest BCUT2D eigenvalue weighted by Crippen LogP contribution is -2.49. The number of carbonyl (C=O) groups is 1. The predicted octanol–water partition coefficient (Wildman–Crippen LogP) is 2.22. The Balaban J connectivity index is 1.38. The zero-order chi connectivity index (χ0) is 20.4. The number of pyridine rings is 1. The van der Waals surface area contributed by atoms with Crippen LogP contribution in [0.15, 0.2) is 41.5 Å². The normalized spacial score (nSPS) is 14.4. The van der Waals surface area contributed by atoms with Crippen molar-refractivity contribution in [1.29, 1.82) is 0 Å². The van der Waals surface area contributed by atoms with E-state index >= 15 is 0 Å².